The van der Waals surface area contributed by atoms with Crippen molar-refractivity contribution in [3.05, 3.63) is 75.7 Å². The first-order chi connectivity index (χ1) is 14.9. The lowest BCUT2D eigenvalue weighted by Crippen LogP contribution is -2.27. The van der Waals surface area contributed by atoms with E-state index in [-0.39, 0.29) is 17.2 Å². The zero-order chi connectivity index (χ0) is 22.4. The van der Waals surface area contributed by atoms with Crippen LogP contribution < -0.4 is 20.9 Å². The molecule has 8 nitrogen and oxygen atoms in total. The smallest absolute Gasteiger partial charge is 0.294 e. The zero-order valence-electron chi connectivity index (χ0n) is 18.1. The highest BCUT2D eigenvalue weighted by molar-refractivity contribution is 5.95. The number of aromatic nitrogens is 2. The SMILES string of the molecule is COCCNC(=O)c1cccc(Nc2c(Oc3ccc(C)cc3C)cnn(C)c2=O)c1. The first kappa shape index (κ1) is 22.0. The van der Waals surface area contributed by atoms with Gasteiger partial charge >= 0.3 is 0 Å². The van der Waals surface area contributed by atoms with E-state index in [1.54, 1.807) is 38.4 Å². The van der Waals surface area contributed by atoms with Crippen LogP contribution in [0.25, 0.3) is 0 Å². The Hall–Kier alpha value is -3.65. The molecule has 162 valence electrons. The molecule has 8 heteroatoms. The summed E-state index contributed by atoms with van der Waals surface area (Å²) >= 11 is 0. The van der Waals surface area contributed by atoms with E-state index in [9.17, 15) is 9.59 Å². The lowest BCUT2D eigenvalue weighted by atomic mass is 10.1. The number of nitrogens with one attached hydrogen (secondary N) is 2. The lowest BCUT2D eigenvalue weighted by Gasteiger charge is -2.15. The molecule has 1 aromatic heterocycles. The van der Waals surface area contributed by atoms with Crippen LogP contribution in [0.1, 0.15) is 21.5 Å². The number of hydrogen-bond acceptors (Lipinski definition) is 6. The molecule has 0 bridgehead atoms. The van der Waals surface area contributed by atoms with Gasteiger partial charge in [-0.25, -0.2) is 4.68 Å². The van der Waals surface area contributed by atoms with Crippen LogP contribution in [0.3, 0.4) is 0 Å². The summed E-state index contributed by atoms with van der Waals surface area (Å²) < 4.78 is 12.2. The Balaban J connectivity index is 1.89. The van der Waals surface area contributed by atoms with E-state index >= 15 is 0 Å². The van der Waals surface area contributed by atoms with Crippen LogP contribution in [0.15, 0.2) is 53.5 Å². The number of methoxy groups -OCH3 is 1. The van der Waals surface area contributed by atoms with Crippen molar-refractivity contribution in [2.75, 3.05) is 25.6 Å². The van der Waals surface area contributed by atoms with Crippen LogP contribution in [0.5, 0.6) is 11.5 Å². The van der Waals surface area contributed by atoms with Crippen LogP contribution in [0.4, 0.5) is 11.4 Å². The maximum Gasteiger partial charge on any atom is 0.294 e. The maximum atomic E-state index is 12.8. The molecule has 0 radical (unpaired) electrons. The molecule has 0 fully saturated rings. The third-order valence-electron chi connectivity index (χ3n) is 4.64. The van der Waals surface area contributed by atoms with Gasteiger partial charge in [-0.3, -0.25) is 9.59 Å². The Morgan fingerprint density at radius 2 is 1.94 bits per heavy atom. The van der Waals surface area contributed by atoms with Crippen molar-refractivity contribution < 1.29 is 14.3 Å². The van der Waals surface area contributed by atoms with Crippen molar-refractivity contribution >= 4 is 17.3 Å². The van der Waals surface area contributed by atoms with Gasteiger partial charge in [-0.1, -0.05) is 23.8 Å². The fraction of sp³-hybridized carbons (Fsp3) is 0.261. The van der Waals surface area contributed by atoms with Gasteiger partial charge in [-0.15, -0.1) is 0 Å². The molecule has 2 N–H and O–H groups in total. The van der Waals surface area contributed by atoms with Crippen LogP contribution >= 0.6 is 0 Å². The topological polar surface area (TPSA) is 94.5 Å². The fourth-order valence-corrected chi connectivity index (χ4v) is 3.00. The summed E-state index contributed by atoms with van der Waals surface area (Å²) in [4.78, 5) is 25.1. The molecule has 1 amide bonds. The minimum atomic E-state index is -0.350. The van der Waals surface area contributed by atoms with Gasteiger partial charge in [0.2, 0.25) is 0 Å². The highest BCUT2D eigenvalue weighted by atomic mass is 16.5. The summed E-state index contributed by atoms with van der Waals surface area (Å²) in [5, 5.41) is 9.94. The van der Waals surface area contributed by atoms with Gasteiger partial charge in [-0.2, -0.15) is 5.10 Å². The fourth-order valence-electron chi connectivity index (χ4n) is 3.00. The van der Waals surface area contributed by atoms with Crippen molar-refractivity contribution in [1.82, 2.24) is 15.1 Å². The second-order valence-electron chi connectivity index (χ2n) is 7.14. The highest BCUT2D eigenvalue weighted by Gasteiger charge is 2.15. The molecule has 0 unspecified atom stereocenters. The van der Waals surface area contributed by atoms with Crippen molar-refractivity contribution in [2.45, 2.75) is 13.8 Å². The minimum absolute atomic E-state index is 0.227. The predicted octanol–water partition coefficient (Wildman–Crippen LogP) is 3.31. The number of anilines is 2. The highest BCUT2D eigenvalue weighted by Crippen LogP contribution is 2.30. The van der Waals surface area contributed by atoms with Gasteiger partial charge < -0.3 is 20.1 Å². The molecule has 0 saturated heterocycles. The first-order valence-corrected chi connectivity index (χ1v) is 9.84. The van der Waals surface area contributed by atoms with Crippen LogP contribution in [-0.4, -0.2) is 35.9 Å². The van der Waals surface area contributed by atoms with Gasteiger partial charge in [0.1, 0.15) is 5.75 Å². The molecule has 3 aromatic rings. The van der Waals surface area contributed by atoms with Gasteiger partial charge in [0.25, 0.3) is 11.5 Å². The normalized spacial score (nSPS) is 10.6. The largest absolute Gasteiger partial charge is 0.453 e. The number of amides is 1. The number of nitrogens with zero attached hydrogens (tertiary/aromatic N) is 2. The third-order valence-corrected chi connectivity index (χ3v) is 4.64. The molecule has 0 saturated carbocycles. The van der Waals surface area contributed by atoms with Gasteiger partial charge in [0.05, 0.1) is 12.8 Å². The molecule has 0 aliphatic heterocycles. The first-order valence-electron chi connectivity index (χ1n) is 9.84. The third kappa shape index (κ3) is 5.49. The Labute approximate surface area is 180 Å². The van der Waals surface area contributed by atoms with E-state index in [2.05, 4.69) is 15.7 Å². The molecular formula is C23H26N4O4. The van der Waals surface area contributed by atoms with E-state index < -0.39 is 0 Å². The van der Waals surface area contributed by atoms with E-state index in [1.165, 1.54) is 10.9 Å². The number of carbonyl (C=O) groups excluding carboxylic acids is 1. The van der Waals surface area contributed by atoms with Crippen LogP contribution in [-0.2, 0) is 11.8 Å². The molecule has 0 aliphatic carbocycles. The second kappa shape index (κ2) is 9.90. The van der Waals surface area contributed by atoms with Crippen LogP contribution in [0.2, 0.25) is 0 Å². The molecule has 3 rings (SSSR count). The number of carbonyl (C=O) groups is 1. The lowest BCUT2D eigenvalue weighted by molar-refractivity contribution is 0.0937. The Morgan fingerprint density at radius 1 is 1.13 bits per heavy atom. The minimum Gasteiger partial charge on any atom is -0.453 e. The maximum absolute atomic E-state index is 12.8. The number of aryl methyl sites for hydroxylation is 3. The van der Waals surface area contributed by atoms with E-state index in [4.69, 9.17) is 9.47 Å². The monoisotopic (exact) mass is 422 g/mol. The van der Waals surface area contributed by atoms with Crippen molar-refractivity contribution in [3.8, 4) is 11.5 Å². The second-order valence-corrected chi connectivity index (χ2v) is 7.14. The zero-order valence-corrected chi connectivity index (χ0v) is 18.1. The summed E-state index contributed by atoms with van der Waals surface area (Å²) in [7, 11) is 3.14. The average molecular weight is 422 g/mol. The van der Waals surface area contributed by atoms with Gasteiger partial charge in [-0.05, 0) is 43.7 Å². The van der Waals surface area contributed by atoms with Crippen molar-refractivity contribution in [1.29, 1.82) is 0 Å². The molecule has 0 aliphatic rings. The Bertz CT molecular complexity index is 1140. The Morgan fingerprint density at radius 3 is 2.68 bits per heavy atom. The van der Waals surface area contributed by atoms with Gasteiger partial charge in [0.15, 0.2) is 11.4 Å². The molecule has 2 aromatic carbocycles. The van der Waals surface area contributed by atoms with Gasteiger partial charge in [0, 0.05) is 32.0 Å². The molecule has 0 spiro atoms. The molecular weight excluding hydrogens is 396 g/mol. The van der Waals surface area contributed by atoms with Crippen molar-refractivity contribution in [2.24, 2.45) is 7.05 Å². The van der Waals surface area contributed by atoms with E-state index in [1.807, 2.05) is 32.0 Å². The predicted molar refractivity (Wildman–Crippen MR) is 119 cm³/mol. The van der Waals surface area contributed by atoms with Crippen molar-refractivity contribution in [3.63, 3.8) is 0 Å². The number of benzene rings is 2. The summed E-state index contributed by atoms with van der Waals surface area (Å²) in [5.74, 6) is 0.704. The summed E-state index contributed by atoms with van der Waals surface area (Å²) in [6.07, 6.45) is 1.49. The van der Waals surface area contributed by atoms with E-state index in [0.717, 1.165) is 11.1 Å². The average Bonchev–Trinajstić information content (AvgIpc) is 2.75. The number of ether oxygens (including phenoxy) is 2. The molecule has 0 atom stereocenters. The quantitative estimate of drug-likeness (QED) is 0.541. The summed E-state index contributed by atoms with van der Waals surface area (Å²) in [6.45, 7) is 4.78. The molecule has 31 heavy (non-hydrogen) atoms. The number of hydrogen-bond donors (Lipinski definition) is 2. The van der Waals surface area contributed by atoms with E-state index in [0.29, 0.717) is 35.9 Å². The van der Waals surface area contributed by atoms with Crippen LogP contribution in [0, 0.1) is 13.8 Å². The summed E-state index contributed by atoms with van der Waals surface area (Å²) in [5.41, 5.74) is 2.98. The molecule has 1 heterocycles. The Kier molecular flexibility index (Phi) is 7.04. The number of rotatable bonds is 8. The standard InChI is InChI=1S/C23H26N4O4/c1-15-8-9-19(16(2)12-15)31-20-14-25-27(3)23(29)21(20)26-18-7-5-6-17(13-18)22(28)24-10-11-30-4/h5-9,12-14,26H,10-11H2,1-4H3,(H,24,28). The summed E-state index contributed by atoms with van der Waals surface area (Å²) in [6, 6.07) is 12.7.